The van der Waals surface area contributed by atoms with Crippen molar-refractivity contribution in [2.24, 2.45) is 5.73 Å². The second kappa shape index (κ2) is 3.08. The molecule has 70 valence electrons. The number of thiazole rings is 1. The van der Waals surface area contributed by atoms with Crippen LogP contribution in [0.3, 0.4) is 0 Å². The van der Waals surface area contributed by atoms with Crippen LogP contribution in [0.25, 0.3) is 0 Å². The maximum atomic E-state index is 10.9. The fraction of sp³-hybridized carbons (Fsp3) is 0.500. The number of primary amides is 1. The van der Waals surface area contributed by atoms with Crippen molar-refractivity contribution in [2.75, 3.05) is 13.6 Å². The molecule has 0 spiro atoms. The summed E-state index contributed by atoms with van der Waals surface area (Å²) in [5.41, 5.74) is 6.18. The summed E-state index contributed by atoms with van der Waals surface area (Å²) in [6, 6.07) is 0. The van der Waals surface area contributed by atoms with Crippen LogP contribution in [0.4, 0.5) is 0 Å². The normalized spacial score (nSPS) is 17.0. The first kappa shape index (κ1) is 8.65. The summed E-state index contributed by atoms with van der Waals surface area (Å²) in [6.45, 7) is 1.87. The minimum Gasteiger partial charge on any atom is -0.364 e. The first-order chi connectivity index (χ1) is 6.16. The highest BCUT2D eigenvalue weighted by molar-refractivity contribution is 7.13. The lowest BCUT2D eigenvalue weighted by Crippen LogP contribution is -2.25. The predicted molar refractivity (Wildman–Crippen MR) is 50.7 cm³/mol. The molecule has 13 heavy (non-hydrogen) atoms. The monoisotopic (exact) mass is 197 g/mol. The summed E-state index contributed by atoms with van der Waals surface area (Å²) in [5, 5.41) is 0.445. The minimum atomic E-state index is -0.415. The van der Waals surface area contributed by atoms with E-state index in [0.29, 0.717) is 5.01 Å². The van der Waals surface area contributed by atoms with Gasteiger partial charge in [-0.05, 0) is 13.5 Å². The summed E-state index contributed by atoms with van der Waals surface area (Å²) < 4.78 is 0. The lowest BCUT2D eigenvalue weighted by molar-refractivity contribution is 0.0999. The van der Waals surface area contributed by atoms with Crippen LogP contribution in [0.2, 0.25) is 0 Å². The Labute approximate surface area is 80.4 Å². The summed E-state index contributed by atoms with van der Waals surface area (Å²) in [7, 11) is 2.05. The number of rotatable bonds is 1. The Balaban J connectivity index is 2.33. The zero-order valence-electron chi connectivity index (χ0n) is 7.41. The van der Waals surface area contributed by atoms with Crippen LogP contribution in [0.5, 0.6) is 0 Å². The predicted octanol–water partition coefficient (Wildman–Crippen LogP) is 0.230. The van der Waals surface area contributed by atoms with E-state index in [1.54, 1.807) is 0 Å². The maximum absolute atomic E-state index is 10.9. The molecule has 0 radical (unpaired) electrons. The molecule has 1 aromatic rings. The van der Waals surface area contributed by atoms with Crippen LogP contribution >= 0.6 is 11.3 Å². The van der Waals surface area contributed by atoms with Gasteiger partial charge in [-0.1, -0.05) is 0 Å². The fourth-order valence-electron chi connectivity index (χ4n) is 1.43. The molecule has 1 aliphatic rings. The van der Waals surface area contributed by atoms with Gasteiger partial charge in [0.05, 0.1) is 5.69 Å². The van der Waals surface area contributed by atoms with E-state index in [2.05, 4.69) is 9.88 Å². The average molecular weight is 197 g/mol. The molecule has 0 saturated carbocycles. The fourth-order valence-corrected chi connectivity index (χ4v) is 2.35. The molecule has 1 aromatic heterocycles. The number of aromatic nitrogens is 1. The van der Waals surface area contributed by atoms with Gasteiger partial charge in [0.25, 0.3) is 5.91 Å². The Kier molecular flexibility index (Phi) is 2.05. The number of nitrogens with two attached hydrogens (primary N) is 1. The van der Waals surface area contributed by atoms with E-state index in [4.69, 9.17) is 5.73 Å². The molecule has 0 fully saturated rings. The van der Waals surface area contributed by atoms with E-state index in [0.717, 1.165) is 25.2 Å². The molecule has 1 aliphatic heterocycles. The molecule has 2 heterocycles. The van der Waals surface area contributed by atoms with Gasteiger partial charge in [-0.15, -0.1) is 11.3 Å². The van der Waals surface area contributed by atoms with Crippen molar-refractivity contribution in [1.29, 1.82) is 0 Å². The molecule has 2 rings (SSSR count). The highest BCUT2D eigenvalue weighted by Crippen LogP contribution is 2.23. The summed E-state index contributed by atoms with van der Waals surface area (Å²) in [6.07, 6.45) is 0.983. The van der Waals surface area contributed by atoms with Gasteiger partial charge >= 0.3 is 0 Å². The number of carbonyl (C=O) groups is 1. The van der Waals surface area contributed by atoms with Gasteiger partial charge < -0.3 is 10.6 Å². The highest BCUT2D eigenvalue weighted by Gasteiger charge is 2.19. The van der Waals surface area contributed by atoms with Crippen molar-refractivity contribution in [2.45, 2.75) is 13.0 Å². The van der Waals surface area contributed by atoms with Gasteiger partial charge in [0.1, 0.15) is 0 Å². The molecule has 0 aromatic carbocycles. The van der Waals surface area contributed by atoms with Crippen LogP contribution < -0.4 is 5.73 Å². The van der Waals surface area contributed by atoms with Crippen LogP contribution in [-0.2, 0) is 13.0 Å². The zero-order valence-corrected chi connectivity index (χ0v) is 8.23. The van der Waals surface area contributed by atoms with Crippen LogP contribution in [0, 0.1) is 0 Å². The molecular formula is C8H11N3OS. The topological polar surface area (TPSA) is 59.2 Å². The molecule has 0 unspecified atom stereocenters. The molecule has 0 bridgehead atoms. The standard InChI is InChI=1S/C8H11N3OS/c1-11-3-2-6-5(4-11)10-8(13-6)7(9)12/h2-4H2,1H3,(H2,9,12). The van der Waals surface area contributed by atoms with E-state index in [1.807, 2.05) is 7.05 Å². The van der Waals surface area contributed by atoms with E-state index < -0.39 is 5.91 Å². The van der Waals surface area contributed by atoms with Crippen molar-refractivity contribution in [3.63, 3.8) is 0 Å². The lowest BCUT2D eigenvalue weighted by Gasteiger charge is -2.20. The molecule has 0 saturated heterocycles. The van der Waals surface area contributed by atoms with Gasteiger partial charge in [-0.25, -0.2) is 4.98 Å². The largest absolute Gasteiger partial charge is 0.364 e. The number of hydrogen-bond donors (Lipinski definition) is 1. The SMILES string of the molecule is CN1CCc2sc(C(N)=O)nc2C1. The summed E-state index contributed by atoms with van der Waals surface area (Å²) in [4.78, 5) is 18.5. The van der Waals surface area contributed by atoms with Crippen molar-refractivity contribution in [3.8, 4) is 0 Å². The number of likely N-dealkylation sites (N-methyl/N-ethyl adjacent to an activating group) is 1. The quantitative estimate of drug-likeness (QED) is 0.701. The third-order valence-corrected chi connectivity index (χ3v) is 3.30. The third kappa shape index (κ3) is 1.57. The Bertz CT molecular complexity index is 347. The molecule has 5 heteroatoms. The van der Waals surface area contributed by atoms with Gasteiger partial charge in [0, 0.05) is 18.0 Å². The third-order valence-electron chi connectivity index (χ3n) is 2.13. The molecular weight excluding hydrogens is 186 g/mol. The van der Waals surface area contributed by atoms with E-state index in [9.17, 15) is 4.79 Å². The van der Waals surface area contributed by atoms with Crippen molar-refractivity contribution < 1.29 is 4.79 Å². The van der Waals surface area contributed by atoms with Gasteiger partial charge in [-0.2, -0.15) is 0 Å². The summed E-state index contributed by atoms with van der Waals surface area (Å²) >= 11 is 1.43. The first-order valence-corrected chi connectivity index (χ1v) is 4.95. The molecule has 0 atom stereocenters. The molecule has 4 nitrogen and oxygen atoms in total. The van der Waals surface area contributed by atoms with Crippen LogP contribution in [0.1, 0.15) is 20.4 Å². The van der Waals surface area contributed by atoms with E-state index in [1.165, 1.54) is 16.2 Å². The number of nitrogens with zero attached hydrogens (tertiary/aromatic N) is 2. The summed E-state index contributed by atoms with van der Waals surface area (Å²) in [5.74, 6) is -0.415. The Morgan fingerprint density at radius 3 is 3.15 bits per heavy atom. The lowest BCUT2D eigenvalue weighted by atomic mass is 10.2. The van der Waals surface area contributed by atoms with E-state index >= 15 is 0 Å². The van der Waals surface area contributed by atoms with Crippen LogP contribution in [0.15, 0.2) is 0 Å². The van der Waals surface area contributed by atoms with Crippen molar-refractivity contribution >= 4 is 17.2 Å². The molecule has 1 amide bonds. The Morgan fingerprint density at radius 2 is 2.46 bits per heavy atom. The number of amides is 1. The van der Waals surface area contributed by atoms with Gasteiger partial charge in [-0.3, -0.25) is 4.79 Å². The van der Waals surface area contributed by atoms with E-state index in [-0.39, 0.29) is 0 Å². The molecule has 2 N–H and O–H groups in total. The molecule has 0 aliphatic carbocycles. The number of hydrogen-bond acceptors (Lipinski definition) is 4. The zero-order chi connectivity index (χ0) is 9.42. The Hall–Kier alpha value is -0.940. The number of fused-ring (bicyclic) bond motifs is 1. The number of carbonyl (C=O) groups excluding carboxylic acids is 1. The maximum Gasteiger partial charge on any atom is 0.277 e. The highest BCUT2D eigenvalue weighted by atomic mass is 32.1. The first-order valence-electron chi connectivity index (χ1n) is 4.14. The van der Waals surface area contributed by atoms with Crippen LogP contribution in [-0.4, -0.2) is 29.4 Å². The Morgan fingerprint density at radius 1 is 1.69 bits per heavy atom. The van der Waals surface area contributed by atoms with Gasteiger partial charge in [0.2, 0.25) is 0 Å². The van der Waals surface area contributed by atoms with Crippen molar-refractivity contribution in [1.82, 2.24) is 9.88 Å². The van der Waals surface area contributed by atoms with Gasteiger partial charge in [0.15, 0.2) is 5.01 Å². The second-order valence-electron chi connectivity index (χ2n) is 3.24. The minimum absolute atomic E-state index is 0.415. The average Bonchev–Trinajstić information content (AvgIpc) is 2.46. The van der Waals surface area contributed by atoms with Crippen molar-refractivity contribution in [3.05, 3.63) is 15.6 Å². The smallest absolute Gasteiger partial charge is 0.277 e. The second-order valence-corrected chi connectivity index (χ2v) is 4.32.